The molecule has 0 aromatic heterocycles. The van der Waals surface area contributed by atoms with Crippen molar-refractivity contribution in [2.24, 2.45) is 0 Å². The number of amides is 2. The number of hydrogen-bond acceptors (Lipinski definition) is 4. The van der Waals surface area contributed by atoms with E-state index in [2.05, 4.69) is 18.5 Å². The van der Waals surface area contributed by atoms with Gasteiger partial charge in [-0.05, 0) is 25.7 Å². The summed E-state index contributed by atoms with van der Waals surface area (Å²) >= 11 is 0.910. The van der Waals surface area contributed by atoms with Gasteiger partial charge in [0.15, 0.2) is 9.84 Å². The van der Waals surface area contributed by atoms with E-state index in [1.165, 1.54) is 38.5 Å². The Hall–Kier alpha value is -0.950. The highest BCUT2D eigenvalue weighted by Crippen LogP contribution is 2.31. The number of carbonyl (C=O) groups is 1. The van der Waals surface area contributed by atoms with Crippen LogP contribution in [0.5, 0.6) is 0 Å². The first-order chi connectivity index (χ1) is 11.8. The summed E-state index contributed by atoms with van der Waals surface area (Å²) in [5, 5.41) is 3.12. The highest BCUT2D eigenvalue weighted by Gasteiger charge is 2.32. The minimum Gasteiger partial charge on any atom is -0.319 e. The van der Waals surface area contributed by atoms with Crippen LogP contribution in [-0.2, 0) is 9.84 Å². The van der Waals surface area contributed by atoms with Crippen molar-refractivity contribution < 1.29 is 13.2 Å². The molecule has 0 bridgehead atoms. The fraction of sp³-hybridized carbons (Fsp3) is 0.722. The Morgan fingerprint density at radius 2 is 1.40 bits per heavy atom. The zero-order valence-electron chi connectivity index (χ0n) is 15.1. The highest BCUT2D eigenvalue weighted by atomic mass is 32.3. The van der Waals surface area contributed by atoms with Crippen molar-refractivity contribution in [2.45, 2.75) is 76.3 Å². The van der Waals surface area contributed by atoms with Crippen LogP contribution in [0.25, 0.3) is 0 Å². The molecule has 0 aliphatic heterocycles. The third-order valence-electron chi connectivity index (χ3n) is 5.07. The predicted molar refractivity (Wildman–Crippen MR) is 105 cm³/mol. The molecule has 0 saturated heterocycles. The first kappa shape index (κ1) is 20.4. The van der Waals surface area contributed by atoms with E-state index in [9.17, 15) is 13.2 Å². The van der Waals surface area contributed by atoms with Crippen molar-refractivity contribution in [1.82, 2.24) is 10.2 Å². The third kappa shape index (κ3) is 6.06. The number of rotatable bonds is 6. The van der Waals surface area contributed by atoms with Crippen LogP contribution in [-0.4, -0.2) is 37.7 Å². The molecule has 2 saturated carbocycles. The van der Waals surface area contributed by atoms with Gasteiger partial charge in [0, 0.05) is 18.3 Å². The number of sulfone groups is 1. The summed E-state index contributed by atoms with van der Waals surface area (Å²) < 4.78 is 23.0. The Morgan fingerprint density at radius 1 is 0.960 bits per heavy atom. The zero-order valence-corrected chi connectivity index (χ0v) is 16.8. The normalized spacial score (nSPS) is 20.0. The molecule has 0 radical (unpaired) electrons. The van der Waals surface area contributed by atoms with E-state index in [0.717, 1.165) is 43.7 Å². The Kier molecular flexibility index (Phi) is 7.43. The SMILES string of the molecule is C=C(NC(=O)N(C1CCCCC1)C1CCCCC1)SC(=C)S(C)(=O)=O. The smallest absolute Gasteiger partial charge is 0.319 e. The highest BCUT2D eigenvalue weighted by molar-refractivity contribution is 8.20. The minimum atomic E-state index is -3.35. The Bertz CT molecular complexity index is 586. The minimum absolute atomic E-state index is 0.000294. The Morgan fingerprint density at radius 3 is 1.80 bits per heavy atom. The second-order valence-electron chi connectivity index (χ2n) is 7.09. The maximum Gasteiger partial charge on any atom is 0.322 e. The lowest BCUT2D eigenvalue weighted by molar-refractivity contribution is 0.107. The molecule has 1 N–H and O–H groups in total. The molecule has 0 spiro atoms. The van der Waals surface area contributed by atoms with Gasteiger partial charge in [0.2, 0.25) is 0 Å². The van der Waals surface area contributed by atoms with Crippen LogP contribution in [0.1, 0.15) is 64.2 Å². The molecule has 0 aromatic rings. The van der Waals surface area contributed by atoms with E-state index < -0.39 is 9.84 Å². The van der Waals surface area contributed by atoms with E-state index in [1.807, 2.05) is 4.90 Å². The second kappa shape index (κ2) is 9.12. The average molecular weight is 387 g/mol. The number of thioether (sulfide) groups is 1. The summed E-state index contributed by atoms with van der Waals surface area (Å²) in [5.41, 5.74) is 0. The summed E-state index contributed by atoms with van der Waals surface area (Å²) in [4.78, 5) is 15.0. The summed E-state index contributed by atoms with van der Waals surface area (Å²) in [6, 6.07) is 0.429. The molecule has 7 heteroatoms. The lowest BCUT2D eigenvalue weighted by Gasteiger charge is -2.41. The largest absolute Gasteiger partial charge is 0.322 e. The van der Waals surface area contributed by atoms with Gasteiger partial charge in [-0.15, -0.1) is 0 Å². The fourth-order valence-corrected chi connectivity index (χ4v) is 5.09. The third-order valence-corrected chi connectivity index (χ3v) is 7.63. The molecule has 2 amide bonds. The number of urea groups is 1. The lowest BCUT2D eigenvalue weighted by Crippen LogP contribution is -2.52. The molecule has 0 atom stereocenters. The van der Waals surface area contributed by atoms with Crippen LogP contribution in [0.2, 0.25) is 0 Å². The molecule has 2 aliphatic rings. The van der Waals surface area contributed by atoms with Crippen molar-refractivity contribution >= 4 is 27.6 Å². The average Bonchev–Trinajstić information content (AvgIpc) is 2.56. The fourth-order valence-electron chi connectivity index (χ4n) is 3.77. The van der Waals surface area contributed by atoms with E-state index in [1.54, 1.807) is 0 Å². The molecule has 2 rings (SSSR count). The molecule has 0 aromatic carbocycles. The van der Waals surface area contributed by atoms with Crippen molar-refractivity contribution in [1.29, 1.82) is 0 Å². The molecular formula is C18H30N2O3S2. The lowest BCUT2D eigenvalue weighted by atomic mass is 9.89. The molecular weight excluding hydrogens is 356 g/mol. The van der Waals surface area contributed by atoms with Gasteiger partial charge in [0.25, 0.3) is 0 Å². The summed E-state index contributed by atoms with van der Waals surface area (Å²) in [7, 11) is -3.35. The monoisotopic (exact) mass is 386 g/mol. The van der Waals surface area contributed by atoms with Gasteiger partial charge in [-0.1, -0.05) is 63.4 Å². The van der Waals surface area contributed by atoms with Crippen molar-refractivity contribution in [2.75, 3.05) is 6.26 Å². The van der Waals surface area contributed by atoms with Crippen molar-refractivity contribution in [3.05, 3.63) is 22.4 Å². The number of nitrogens with zero attached hydrogens (tertiary/aromatic N) is 1. The maximum absolute atomic E-state index is 12.9. The van der Waals surface area contributed by atoms with Gasteiger partial charge < -0.3 is 10.2 Å². The standard InChI is InChI=1S/C18H30N2O3S2/c1-14(24-15(2)25(3,22)23)19-18(21)20(16-10-6-4-7-11-16)17-12-8-5-9-13-17/h16-17H,1-2,4-13H2,3H3,(H,19,21). The van der Waals surface area contributed by atoms with Gasteiger partial charge >= 0.3 is 6.03 Å². The predicted octanol–water partition coefficient (Wildman–Crippen LogP) is 4.38. The van der Waals surface area contributed by atoms with E-state index in [0.29, 0.717) is 5.03 Å². The van der Waals surface area contributed by atoms with Gasteiger partial charge in [0.05, 0.1) is 9.27 Å². The van der Waals surface area contributed by atoms with Crippen LogP contribution in [0, 0.1) is 0 Å². The molecule has 5 nitrogen and oxygen atoms in total. The number of hydrogen-bond donors (Lipinski definition) is 1. The summed E-state index contributed by atoms with van der Waals surface area (Å²) in [6.07, 6.45) is 12.5. The number of nitrogens with one attached hydrogen (secondary N) is 1. The van der Waals surface area contributed by atoms with Crippen LogP contribution in [0.3, 0.4) is 0 Å². The van der Waals surface area contributed by atoms with E-state index in [4.69, 9.17) is 0 Å². The first-order valence-electron chi connectivity index (χ1n) is 9.14. The van der Waals surface area contributed by atoms with Crippen LogP contribution < -0.4 is 5.32 Å². The Balaban J connectivity index is 2.03. The van der Waals surface area contributed by atoms with Crippen molar-refractivity contribution in [3.63, 3.8) is 0 Å². The van der Waals surface area contributed by atoms with Gasteiger partial charge in [-0.3, -0.25) is 0 Å². The second-order valence-corrected chi connectivity index (χ2v) is 10.6. The zero-order chi connectivity index (χ0) is 18.4. The van der Waals surface area contributed by atoms with E-state index in [-0.39, 0.29) is 22.4 Å². The van der Waals surface area contributed by atoms with Crippen molar-refractivity contribution in [3.8, 4) is 0 Å². The molecule has 25 heavy (non-hydrogen) atoms. The van der Waals surface area contributed by atoms with Crippen LogP contribution in [0.15, 0.2) is 22.4 Å². The summed E-state index contributed by atoms with van der Waals surface area (Å²) in [5.74, 6) is 0. The maximum atomic E-state index is 12.9. The molecule has 2 fully saturated rings. The van der Waals surface area contributed by atoms with E-state index >= 15 is 0 Å². The molecule has 0 unspecified atom stereocenters. The molecule has 0 heterocycles. The van der Waals surface area contributed by atoms with Gasteiger partial charge in [0.1, 0.15) is 0 Å². The quantitative estimate of drug-likeness (QED) is 0.735. The topological polar surface area (TPSA) is 66.5 Å². The molecule has 2 aliphatic carbocycles. The Labute approximate surface area is 156 Å². The molecule has 142 valence electrons. The number of carbonyl (C=O) groups excluding carboxylic acids is 1. The summed E-state index contributed by atoms with van der Waals surface area (Å²) in [6.45, 7) is 7.35. The van der Waals surface area contributed by atoms with Gasteiger partial charge in [-0.25, -0.2) is 13.2 Å². The first-order valence-corrected chi connectivity index (χ1v) is 11.8. The van der Waals surface area contributed by atoms with Gasteiger partial charge in [-0.2, -0.15) is 0 Å². The van der Waals surface area contributed by atoms with Crippen LogP contribution >= 0.6 is 11.8 Å². The van der Waals surface area contributed by atoms with Crippen LogP contribution in [0.4, 0.5) is 4.79 Å².